The number of hydrogen-bond acceptors (Lipinski definition) is 3. The predicted molar refractivity (Wildman–Crippen MR) is 116 cm³/mol. The van der Waals surface area contributed by atoms with Crippen molar-refractivity contribution in [3.8, 4) is 0 Å². The van der Waals surface area contributed by atoms with Crippen LogP contribution in [0.2, 0.25) is 0 Å². The topological polar surface area (TPSA) is 17.1 Å². The Morgan fingerprint density at radius 3 is 1.27 bits per heavy atom. The van der Waals surface area contributed by atoms with Crippen molar-refractivity contribution in [2.75, 3.05) is 0 Å². The third kappa shape index (κ3) is 9.23. The average Bonchev–Trinajstić information content (AvgIpc) is 2.61. The molecule has 2 atom stereocenters. The molecule has 0 spiro atoms. The molecule has 0 aliphatic rings. The fourth-order valence-corrected chi connectivity index (χ4v) is 4.97. The third-order valence-electron chi connectivity index (χ3n) is 3.86. The minimum atomic E-state index is -4.76. The van der Waals surface area contributed by atoms with Crippen molar-refractivity contribution in [2.45, 2.75) is 34.4 Å². The van der Waals surface area contributed by atoms with E-state index in [4.69, 9.17) is 0 Å². The summed E-state index contributed by atoms with van der Waals surface area (Å²) in [6, 6.07) is 12.5. The standard InChI is InChI=1S/C19H14Br2F6OS2/c20-13-5-1-11(2-6-13)9-15(29-18(22,23)24)17(28)16(30-19(25,26)27)10-12-3-7-14(21)8-4-12/h1-8,15-16H,9-10H2. The Morgan fingerprint density at radius 2 is 1.00 bits per heavy atom. The number of ketones is 1. The molecule has 0 saturated carbocycles. The van der Waals surface area contributed by atoms with E-state index in [1.165, 1.54) is 24.3 Å². The zero-order valence-electron chi connectivity index (χ0n) is 14.9. The van der Waals surface area contributed by atoms with Gasteiger partial charge < -0.3 is 0 Å². The van der Waals surface area contributed by atoms with E-state index in [0.29, 0.717) is 20.1 Å². The summed E-state index contributed by atoms with van der Waals surface area (Å²) in [6.45, 7) is 0. The lowest BCUT2D eigenvalue weighted by Gasteiger charge is -2.23. The highest BCUT2D eigenvalue weighted by Crippen LogP contribution is 2.41. The molecule has 0 bridgehead atoms. The Morgan fingerprint density at radius 1 is 0.700 bits per heavy atom. The largest absolute Gasteiger partial charge is 0.442 e. The summed E-state index contributed by atoms with van der Waals surface area (Å²) in [7, 11) is 0. The number of rotatable bonds is 8. The van der Waals surface area contributed by atoms with Gasteiger partial charge in [-0.2, -0.15) is 26.3 Å². The first-order valence-corrected chi connectivity index (χ1v) is 11.7. The molecule has 0 aliphatic heterocycles. The van der Waals surface area contributed by atoms with Crippen molar-refractivity contribution in [3.05, 3.63) is 68.6 Å². The molecule has 11 heteroatoms. The molecule has 1 nitrogen and oxygen atoms in total. The second-order valence-electron chi connectivity index (χ2n) is 6.17. The third-order valence-corrected chi connectivity index (χ3v) is 6.81. The molecule has 30 heavy (non-hydrogen) atoms. The fraction of sp³-hybridized carbons (Fsp3) is 0.316. The Hall–Kier alpha value is -0.650. The Kier molecular flexibility index (Phi) is 9.20. The molecule has 0 N–H and O–H groups in total. The Labute approximate surface area is 194 Å². The zero-order chi connectivity index (χ0) is 22.5. The van der Waals surface area contributed by atoms with Crippen molar-refractivity contribution < 1.29 is 31.1 Å². The van der Waals surface area contributed by atoms with Crippen LogP contribution < -0.4 is 0 Å². The number of halogens is 8. The molecule has 0 aromatic heterocycles. The number of hydrogen-bond donors (Lipinski definition) is 0. The lowest BCUT2D eigenvalue weighted by Crippen LogP contribution is -2.35. The van der Waals surface area contributed by atoms with Crippen LogP contribution in [0, 0.1) is 0 Å². The van der Waals surface area contributed by atoms with Gasteiger partial charge in [0.25, 0.3) is 0 Å². The molecule has 0 saturated heterocycles. The minimum absolute atomic E-state index is 0.328. The zero-order valence-corrected chi connectivity index (χ0v) is 19.7. The van der Waals surface area contributed by atoms with Gasteiger partial charge in [-0.3, -0.25) is 4.79 Å². The lowest BCUT2D eigenvalue weighted by molar-refractivity contribution is -0.118. The second-order valence-corrected chi connectivity index (χ2v) is 10.5. The van der Waals surface area contributed by atoms with Crippen LogP contribution in [0.1, 0.15) is 11.1 Å². The molecule has 0 amide bonds. The number of carbonyl (C=O) groups is 1. The molecule has 2 unspecified atom stereocenters. The molecule has 164 valence electrons. The van der Waals surface area contributed by atoms with E-state index in [9.17, 15) is 31.1 Å². The van der Waals surface area contributed by atoms with E-state index in [2.05, 4.69) is 31.9 Å². The van der Waals surface area contributed by atoms with Crippen LogP contribution in [0.5, 0.6) is 0 Å². The molecule has 0 radical (unpaired) electrons. The number of carbonyl (C=O) groups excluding carboxylic acids is 1. The summed E-state index contributed by atoms with van der Waals surface area (Å²) < 4.78 is 79.8. The molecule has 0 heterocycles. The van der Waals surface area contributed by atoms with Crippen LogP contribution in [-0.2, 0) is 17.6 Å². The number of alkyl halides is 6. The summed E-state index contributed by atoms with van der Waals surface area (Å²) >= 11 is 5.26. The van der Waals surface area contributed by atoms with E-state index >= 15 is 0 Å². The van der Waals surface area contributed by atoms with E-state index in [1.807, 2.05) is 0 Å². The van der Waals surface area contributed by atoms with Crippen molar-refractivity contribution in [3.63, 3.8) is 0 Å². The monoisotopic (exact) mass is 594 g/mol. The van der Waals surface area contributed by atoms with Crippen molar-refractivity contribution in [1.29, 1.82) is 0 Å². The number of Topliss-reactive ketones (excluding diaryl/α,β-unsaturated/α-hetero) is 1. The first-order valence-electron chi connectivity index (χ1n) is 8.34. The summed E-state index contributed by atoms with van der Waals surface area (Å²) in [6.07, 6.45) is -0.656. The van der Waals surface area contributed by atoms with Gasteiger partial charge in [-0.1, -0.05) is 56.1 Å². The summed E-state index contributed by atoms with van der Waals surface area (Å²) in [4.78, 5) is 12.9. The summed E-state index contributed by atoms with van der Waals surface area (Å²) in [5.41, 5.74) is -8.68. The van der Waals surface area contributed by atoms with Gasteiger partial charge in [0.1, 0.15) is 0 Å². The maximum absolute atomic E-state index is 13.1. The highest BCUT2D eigenvalue weighted by Gasteiger charge is 2.42. The molecule has 0 aliphatic carbocycles. The number of thioether (sulfide) groups is 2. The van der Waals surface area contributed by atoms with Crippen LogP contribution in [0.25, 0.3) is 0 Å². The summed E-state index contributed by atoms with van der Waals surface area (Å²) in [5.74, 6) is -1.09. The maximum atomic E-state index is 13.1. The number of benzene rings is 2. The van der Waals surface area contributed by atoms with Gasteiger partial charge in [0.15, 0.2) is 5.78 Å². The van der Waals surface area contributed by atoms with E-state index in [1.54, 1.807) is 24.3 Å². The first kappa shape index (κ1) is 25.6. The maximum Gasteiger partial charge on any atom is 0.442 e. The SMILES string of the molecule is O=C(C(Cc1ccc(Br)cc1)SC(F)(F)F)C(Cc1ccc(Br)cc1)SC(F)(F)F. The van der Waals surface area contributed by atoms with E-state index < -0.39 is 50.8 Å². The van der Waals surface area contributed by atoms with Crippen LogP contribution in [-0.4, -0.2) is 27.3 Å². The molecule has 0 fully saturated rings. The quantitative estimate of drug-likeness (QED) is 0.290. The molecular formula is C19H14Br2F6OS2. The van der Waals surface area contributed by atoms with Crippen molar-refractivity contribution in [1.82, 2.24) is 0 Å². The highest BCUT2D eigenvalue weighted by atomic mass is 79.9. The Balaban J connectivity index is 2.31. The van der Waals surface area contributed by atoms with Gasteiger partial charge in [-0.15, -0.1) is 0 Å². The second kappa shape index (κ2) is 10.8. The van der Waals surface area contributed by atoms with Gasteiger partial charge in [-0.25, -0.2) is 0 Å². The molecule has 2 aromatic carbocycles. The molecular weight excluding hydrogens is 582 g/mol. The van der Waals surface area contributed by atoms with Gasteiger partial charge in [0.2, 0.25) is 0 Å². The van der Waals surface area contributed by atoms with E-state index in [-0.39, 0.29) is 12.8 Å². The van der Waals surface area contributed by atoms with E-state index in [0.717, 1.165) is 0 Å². The van der Waals surface area contributed by atoms with Crippen LogP contribution in [0.4, 0.5) is 26.3 Å². The van der Waals surface area contributed by atoms with Crippen LogP contribution in [0.15, 0.2) is 57.5 Å². The summed E-state index contributed by atoms with van der Waals surface area (Å²) in [5, 5.41) is -3.39. The van der Waals surface area contributed by atoms with Crippen LogP contribution >= 0.6 is 55.4 Å². The van der Waals surface area contributed by atoms with Gasteiger partial charge in [-0.05, 0) is 71.8 Å². The fourth-order valence-electron chi connectivity index (χ4n) is 2.60. The molecule has 2 aromatic rings. The van der Waals surface area contributed by atoms with Gasteiger partial charge in [0.05, 0.1) is 10.5 Å². The van der Waals surface area contributed by atoms with Crippen LogP contribution in [0.3, 0.4) is 0 Å². The first-order chi connectivity index (χ1) is 13.8. The predicted octanol–water partition coefficient (Wildman–Crippen LogP) is 7.81. The normalized spacial score (nSPS) is 14.4. The Bertz CT molecular complexity index is 769. The van der Waals surface area contributed by atoms with Crippen molar-refractivity contribution >= 4 is 61.2 Å². The highest BCUT2D eigenvalue weighted by molar-refractivity contribution is 9.10. The van der Waals surface area contributed by atoms with Gasteiger partial charge >= 0.3 is 11.0 Å². The lowest BCUT2D eigenvalue weighted by atomic mass is 10.0. The smallest absolute Gasteiger partial charge is 0.297 e. The molecule has 2 rings (SSSR count). The van der Waals surface area contributed by atoms with Gasteiger partial charge in [0, 0.05) is 8.95 Å². The minimum Gasteiger partial charge on any atom is -0.297 e. The average molecular weight is 596 g/mol. The van der Waals surface area contributed by atoms with Crippen molar-refractivity contribution in [2.24, 2.45) is 0 Å².